The Morgan fingerprint density at radius 1 is 1.07 bits per heavy atom. The highest BCUT2D eigenvalue weighted by Crippen LogP contribution is 2.34. The van der Waals surface area contributed by atoms with Crippen LogP contribution in [0.15, 0.2) is 60.0 Å². The Bertz CT molecular complexity index is 1110. The van der Waals surface area contributed by atoms with Crippen molar-refractivity contribution in [1.29, 1.82) is 0 Å². The third kappa shape index (κ3) is 3.09. The number of aromatic nitrogens is 3. The van der Waals surface area contributed by atoms with Crippen LogP contribution >= 0.6 is 11.3 Å². The predicted octanol–water partition coefficient (Wildman–Crippen LogP) is 4.25. The number of rotatable bonds is 4. The number of benzene rings is 2. The number of nitrogen functional groups attached to an aromatic ring is 1. The quantitative estimate of drug-likeness (QED) is 0.519. The molecule has 2 heterocycles. The number of carboxylic acid groups (broad SMARTS) is 1. The first-order chi connectivity index (χ1) is 13.0. The summed E-state index contributed by atoms with van der Waals surface area (Å²) in [5.41, 5.74) is 11.1. The molecule has 0 aliphatic rings. The van der Waals surface area contributed by atoms with Crippen LogP contribution in [0.25, 0.3) is 27.6 Å². The molecular formula is C20H16N4O2S. The lowest BCUT2D eigenvalue weighted by Crippen LogP contribution is -2.02. The van der Waals surface area contributed by atoms with Crippen LogP contribution in [0.1, 0.15) is 16.1 Å². The lowest BCUT2D eigenvalue weighted by atomic mass is 10.0. The zero-order chi connectivity index (χ0) is 19.0. The molecule has 27 heavy (non-hydrogen) atoms. The lowest BCUT2D eigenvalue weighted by molar-refractivity contribution is 0.0691. The Balaban J connectivity index is 1.95. The summed E-state index contributed by atoms with van der Waals surface area (Å²) in [6.07, 6.45) is 0. The monoisotopic (exact) mass is 376 g/mol. The summed E-state index contributed by atoms with van der Waals surface area (Å²) in [6, 6.07) is 17.4. The number of aromatic carboxylic acids is 1. The number of hydrogen-bond donors (Lipinski definition) is 2. The molecule has 7 heteroatoms. The number of anilines is 1. The van der Waals surface area contributed by atoms with Crippen LogP contribution in [0.4, 0.5) is 5.69 Å². The first-order valence-electron chi connectivity index (χ1n) is 8.24. The molecule has 0 atom stereocenters. The van der Waals surface area contributed by atoms with Crippen LogP contribution in [0.3, 0.4) is 0 Å². The van der Waals surface area contributed by atoms with E-state index in [4.69, 9.17) is 10.8 Å². The Morgan fingerprint density at radius 2 is 1.78 bits per heavy atom. The SMILES string of the molecule is Cc1c(-c2ccccc2)nn(-c2nc(C(=O)O)cs2)c1-c1ccc(N)cc1. The molecule has 4 rings (SSSR count). The fraction of sp³-hybridized carbons (Fsp3) is 0.0500. The van der Waals surface area contributed by atoms with E-state index in [1.807, 2.05) is 61.5 Å². The largest absolute Gasteiger partial charge is 0.476 e. The molecule has 0 fully saturated rings. The van der Waals surface area contributed by atoms with Crippen molar-refractivity contribution in [1.82, 2.24) is 14.8 Å². The molecule has 0 saturated heterocycles. The highest BCUT2D eigenvalue weighted by Gasteiger charge is 2.21. The number of thiazole rings is 1. The van der Waals surface area contributed by atoms with Crippen LogP contribution in [0.2, 0.25) is 0 Å². The molecule has 0 unspecified atom stereocenters. The van der Waals surface area contributed by atoms with Crippen molar-refractivity contribution in [3.63, 3.8) is 0 Å². The van der Waals surface area contributed by atoms with E-state index in [0.29, 0.717) is 10.8 Å². The second kappa shape index (κ2) is 6.69. The van der Waals surface area contributed by atoms with E-state index < -0.39 is 5.97 Å². The summed E-state index contributed by atoms with van der Waals surface area (Å²) in [5, 5.41) is 16.0. The number of nitrogens with zero attached hydrogens (tertiary/aromatic N) is 3. The molecule has 2 aromatic carbocycles. The van der Waals surface area contributed by atoms with Crippen molar-refractivity contribution < 1.29 is 9.90 Å². The standard InChI is InChI=1S/C20H16N4O2S/c1-12-17(13-5-3-2-4-6-13)23-24(20-22-16(11-27-20)19(25)26)18(12)14-7-9-15(21)10-8-14/h2-11H,21H2,1H3,(H,25,26). The van der Waals surface area contributed by atoms with Gasteiger partial charge in [-0.3, -0.25) is 0 Å². The molecule has 3 N–H and O–H groups in total. The summed E-state index contributed by atoms with van der Waals surface area (Å²) in [7, 11) is 0. The summed E-state index contributed by atoms with van der Waals surface area (Å²) in [5.74, 6) is -1.06. The van der Waals surface area contributed by atoms with Crippen molar-refractivity contribution >= 4 is 23.0 Å². The van der Waals surface area contributed by atoms with Gasteiger partial charge in [0.1, 0.15) is 0 Å². The third-order valence-corrected chi connectivity index (χ3v) is 5.06. The van der Waals surface area contributed by atoms with Gasteiger partial charge < -0.3 is 10.8 Å². The minimum absolute atomic E-state index is 0.00710. The Hall–Kier alpha value is -3.45. The average molecular weight is 376 g/mol. The van der Waals surface area contributed by atoms with Gasteiger partial charge in [-0.25, -0.2) is 14.5 Å². The zero-order valence-corrected chi connectivity index (χ0v) is 15.3. The van der Waals surface area contributed by atoms with Gasteiger partial charge in [0.25, 0.3) is 0 Å². The van der Waals surface area contributed by atoms with E-state index in [1.54, 1.807) is 4.68 Å². The summed E-state index contributed by atoms with van der Waals surface area (Å²) >= 11 is 1.24. The van der Waals surface area contributed by atoms with Crippen LogP contribution < -0.4 is 5.73 Å². The molecule has 0 radical (unpaired) electrons. The molecule has 0 aliphatic carbocycles. The fourth-order valence-corrected chi connectivity index (χ4v) is 3.70. The molecule has 2 aromatic heterocycles. The molecule has 4 aromatic rings. The average Bonchev–Trinajstić information content (AvgIpc) is 3.28. The van der Waals surface area contributed by atoms with Gasteiger partial charge in [-0.2, -0.15) is 5.10 Å². The molecule has 0 saturated carbocycles. The van der Waals surface area contributed by atoms with Crippen molar-refractivity contribution in [3.8, 4) is 27.6 Å². The fourth-order valence-electron chi connectivity index (χ4n) is 2.94. The smallest absolute Gasteiger partial charge is 0.355 e. The normalized spacial score (nSPS) is 10.9. The van der Waals surface area contributed by atoms with E-state index >= 15 is 0 Å². The second-order valence-corrected chi connectivity index (χ2v) is 6.88. The maximum Gasteiger partial charge on any atom is 0.355 e. The lowest BCUT2D eigenvalue weighted by Gasteiger charge is -2.06. The Morgan fingerprint density at radius 3 is 2.41 bits per heavy atom. The highest BCUT2D eigenvalue weighted by molar-refractivity contribution is 7.12. The van der Waals surface area contributed by atoms with Gasteiger partial charge in [0.05, 0.1) is 11.4 Å². The minimum atomic E-state index is -1.06. The summed E-state index contributed by atoms with van der Waals surface area (Å²) in [6.45, 7) is 2.00. The van der Waals surface area contributed by atoms with Crippen LogP contribution in [0.5, 0.6) is 0 Å². The van der Waals surface area contributed by atoms with Crippen LogP contribution in [0, 0.1) is 6.92 Å². The number of carbonyl (C=O) groups is 1. The first-order valence-corrected chi connectivity index (χ1v) is 9.12. The summed E-state index contributed by atoms with van der Waals surface area (Å²) < 4.78 is 1.71. The Kier molecular flexibility index (Phi) is 4.21. The topological polar surface area (TPSA) is 94.0 Å². The van der Waals surface area contributed by atoms with Crippen molar-refractivity contribution in [2.75, 3.05) is 5.73 Å². The molecule has 0 amide bonds. The van der Waals surface area contributed by atoms with Crippen LogP contribution in [-0.2, 0) is 0 Å². The maximum absolute atomic E-state index is 11.2. The molecule has 0 bridgehead atoms. The van der Waals surface area contributed by atoms with Gasteiger partial charge >= 0.3 is 5.97 Å². The zero-order valence-electron chi connectivity index (χ0n) is 14.5. The van der Waals surface area contributed by atoms with Gasteiger partial charge in [-0.05, 0) is 19.1 Å². The second-order valence-electron chi connectivity index (χ2n) is 6.04. The van der Waals surface area contributed by atoms with E-state index in [1.165, 1.54) is 16.7 Å². The van der Waals surface area contributed by atoms with Gasteiger partial charge in [0, 0.05) is 27.8 Å². The van der Waals surface area contributed by atoms with E-state index in [2.05, 4.69) is 4.98 Å². The highest BCUT2D eigenvalue weighted by atomic mass is 32.1. The third-order valence-electron chi connectivity index (χ3n) is 4.25. The number of carboxylic acids is 1. The van der Waals surface area contributed by atoms with E-state index in [-0.39, 0.29) is 5.69 Å². The predicted molar refractivity (Wildman–Crippen MR) is 106 cm³/mol. The maximum atomic E-state index is 11.2. The number of nitrogens with two attached hydrogens (primary N) is 1. The minimum Gasteiger partial charge on any atom is -0.476 e. The Labute approximate surface area is 159 Å². The molecular weight excluding hydrogens is 360 g/mol. The van der Waals surface area contributed by atoms with E-state index in [9.17, 15) is 9.90 Å². The van der Waals surface area contributed by atoms with Crippen molar-refractivity contribution in [2.24, 2.45) is 0 Å². The summed E-state index contributed by atoms with van der Waals surface area (Å²) in [4.78, 5) is 15.5. The molecule has 6 nitrogen and oxygen atoms in total. The van der Waals surface area contributed by atoms with Crippen molar-refractivity contribution in [2.45, 2.75) is 6.92 Å². The number of hydrogen-bond acceptors (Lipinski definition) is 5. The van der Waals surface area contributed by atoms with Gasteiger partial charge in [0.2, 0.25) is 5.13 Å². The van der Waals surface area contributed by atoms with Gasteiger partial charge in [-0.1, -0.05) is 42.5 Å². The first kappa shape index (κ1) is 17.0. The van der Waals surface area contributed by atoms with Gasteiger partial charge in [0.15, 0.2) is 5.69 Å². The van der Waals surface area contributed by atoms with Crippen molar-refractivity contribution in [3.05, 3.63) is 71.2 Å². The van der Waals surface area contributed by atoms with Gasteiger partial charge in [-0.15, -0.1) is 11.3 Å². The van der Waals surface area contributed by atoms with Crippen LogP contribution in [-0.4, -0.2) is 25.8 Å². The van der Waals surface area contributed by atoms with E-state index in [0.717, 1.165) is 28.1 Å². The molecule has 134 valence electrons. The molecule has 0 spiro atoms. The molecule has 0 aliphatic heterocycles.